The van der Waals surface area contributed by atoms with Crippen molar-refractivity contribution in [1.82, 2.24) is 0 Å². The Hall–Kier alpha value is -1.50. The van der Waals surface area contributed by atoms with Gasteiger partial charge in [0.25, 0.3) is 0 Å². The maximum atomic E-state index is 12.8. The number of alkyl halides is 8. The maximum Gasteiger partial charge on any atom is 0.399 e. The summed E-state index contributed by atoms with van der Waals surface area (Å²) in [6.07, 6.45) is -9.58. The van der Waals surface area contributed by atoms with Crippen molar-refractivity contribution in [1.29, 1.82) is 0 Å². The van der Waals surface area contributed by atoms with E-state index >= 15 is 0 Å². The first-order valence-electron chi connectivity index (χ1n) is 6.46. The van der Waals surface area contributed by atoms with E-state index in [-0.39, 0.29) is 0 Å². The Balaban J connectivity index is 0.000000796. The van der Waals surface area contributed by atoms with E-state index < -0.39 is 52.9 Å². The van der Waals surface area contributed by atoms with E-state index in [4.69, 9.17) is 0 Å². The van der Waals surface area contributed by atoms with Crippen LogP contribution in [0.25, 0.3) is 0 Å². The molecule has 0 bridgehead atoms. The van der Waals surface area contributed by atoms with Crippen molar-refractivity contribution in [2.24, 2.45) is 0 Å². The van der Waals surface area contributed by atoms with Gasteiger partial charge in [-0.15, -0.1) is 0 Å². The number of pyridine rings is 1. The third kappa shape index (κ3) is 7.50. The fraction of sp³-hybridized carbons (Fsp3) is 0.583. The summed E-state index contributed by atoms with van der Waals surface area (Å²) in [5.41, 5.74) is 0. The maximum absolute atomic E-state index is 12.8. The Morgan fingerprint density at radius 2 is 1.44 bits per heavy atom. The number of rotatable bonds is 6. The van der Waals surface area contributed by atoms with Gasteiger partial charge in [-0.25, -0.2) is 17.8 Å². The molecule has 1 aromatic rings. The average molecular weight is 403 g/mol. The minimum Gasteiger partial charge on any atom is -0.743 e. The van der Waals surface area contributed by atoms with Crippen molar-refractivity contribution in [3.05, 3.63) is 30.6 Å². The zero-order chi connectivity index (χ0) is 19.9. The highest BCUT2D eigenvalue weighted by atomic mass is 32.2. The lowest BCUT2D eigenvalue weighted by Gasteiger charge is -2.30. The fourth-order valence-electron chi connectivity index (χ4n) is 1.35. The smallest absolute Gasteiger partial charge is 0.399 e. The van der Waals surface area contributed by atoms with Gasteiger partial charge in [0.1, 0.15) is 0 Å². The van der Waals surface area contributed by atoms with Gasteiger partial charge in [-0.05, 0) is 12.8 Å². The van der Waals surface area contributed by atoms with Crippen molar-refractivity contribution in [3.8, 4) is 0 Å². The summed E-state index contributed by atoms with van der Waals surface area (Å²) >= 11 is 0. The van der Waals surface area contributed by atoms with Gasteiger partial charge in [0.15, 0.2) is 28.7 Å². The Bertz CT molecular complexity index is 580. The van der Waals surface area contributed by atoms with E-state index in [1.165, 1.54) is 0 Å². The summed E-state index contributed by atoms with van der Waals surface area (Å²) in [5.74, 6) is -5.90. The molecule has 1 heterocycles. The van der Waals surface area contributed by atoms with Crippen LogP contribution in [0.3, 0.4) is 0 Å². The standard InChI is InChI=1S/C7H8F8O3S.C5H5N/c8-4(2-1-3-5(9,10)11)6(12,13)7(14,15)19(16,17)18;1-2-4-6-5-3-1/h4H,1-3H2,(H,16,17,18);1-5H. The van der Waals surface area contributed by atoms with Crippen molar-refractivity contribution < 1.29 is 53.1 Å². The minimum atomic E-state index is -6.85. The molecular weight excluding hydrogens is 390 g/mol. The van der Waals surface area contributed by atoms with Gasteiger partial charge in [0, 0.05) is 18.6 Å². The molecule has 4 nitrogen and oxygen atoms in total. The summed E-state index contributed by atoms with van der Waals surface area (Å²) in [7, 11) is -6.85. The second-order valence-electron chi connectivity index (χ2n) is 4.65. The summed E-state index contributed by atoms with van der Waals surface area (Å²) in [6, 6.07) is 5.86. The molecule has 0 aliphatic rings. The third-order valence-electron chi connectivity index (χ3n) is 2.62. The van der Waals surface area contributed by atoms with E-state index in [1.807, 2.05) is 30.6 Å². The van der Waals surface area contributed by atoms with Crippen molar-refractivity contribution in [2.45, 2.75) is 42.8 Å². The van der Waals surface area contributed by atoms with Gasteiger partial charge in [-0.2, -0.15) is 30.7 Å². The molecule has 0 saturated carbocycles. The van der Waals surface area contributed by atoms with E-state index in [9.17, 15) is 48.1 Å². The van der Waals surface area contributed by atoms with Crippen LogP contribution >= 0.6 is 0 Å². The number of hydrogen-bond donors (Lipinski definition) is 0. The molecule has 146 valence electrons. The van der Waals surface area contributed by atoms with Crippen LogP contribution in [-0.4, -0.2) is 36.5 Å². The van der Waals surface area contributed by atoms with E-state index in [1.54, 1.807) is 0 Å². The molecule has 25 heavy (non-hydrogen) atoms. The minimum absolute atomic E-state index is 1.25. The Kier molecular flexibility index (Phi) is 8.21. The normalized spacial score (nSPS) is 14.4. The number of aromatic nitrogens is 1. The van der Waals surface area contributed by atoms with E-state index in [0.717, 1.165) is 0 Å². The molecule has 1 atom stereocenters. The average Bonchev–Trinajstić information content (AvgIpc) is 2.46. The predicted octanol–water partition coefficient (Wildman–Crippen LogP) is 3.33. The molecular formula is C12H13F8NO3S. The number of aromatic amines is 1. The molecule has 0 saturated heterocycles. The first-order valence-corrected chi connectivity index (χ1v) is 7.86. The summed E-state index contributed by atoms with van der Waals surface area (Å²) in [5, 5.41) is -6.24. The molecule has 0 aliphatic carbocycles. The first-order chi connectivity index (χ1) is 11.1. The molecule has 1 rings (SSSR count). The summed E-state index contributed by atoms with van der Waals surface area (Å²) in [4.78, 5) is 2.89. The zero-order valence-electron chi connectivity index (χ0n) is 12.2. The fourth-order valence-corrected chi connectivity index (χ4v) is 1.82. The number of hydrogen-bond acceptors (Lipinski definition) is 3. The second kappa shape index (κ2) is 8.74. The van der Waals surface area contributed by atoms with Gasteiger partial charge in [-0.3, -0.25) is 0 Å². The van der Waals surface area contributed by atoms with Crippen LogP contribution < -0.4 is 4.98 Å². The Morgan fingerprint density at radius 3 is 1.72 bits per heavy atom. The summed E-state index contributed by atoms with van der Waals surface area (Å²) in [6.45, 7) is 0. The number of halogens is 8. The number of nitrogens with one attached hydrogen (secondary N) is 1. The van der Waals surface area contributed by atoms with Crippen molar-refractivity contribution in [2.75, 3.05) is 0 Å². The molecule has 1 unspecified atom stereocenters. The largest absolute Gasteiger partial charge is 0.743 e. The topological polar surface area (TPSA) is 71.3 Å². The van der Waals surface area contributed by atoms with Crippen LogP contribution in [0, 0.1) is 0 Å². The van der Waals surface area contributed by atoms with Crippen LogP contribution in [0.4, 0.5) is 35.1 Å². The van der Waals surface area contributed by atoms with E-state index in [2.05, 4.69) is 4.98 Å². The van der Waals surface area contributed by atoms with Crippen LogP contribution in [0.5, 0.6) is 0 Å². The van der Waals surface area contributed by atoms with Gasteiger partial charge < -0.3 is 4.55 Å². The van der Waals surface area contributed by atoms with Crippen molar-refractivity contribution in [3.63, 3.8) is 0 Å². The highest BCUT2D eigenvalue weighted by molar-refractivity contribution is 7.86. The molecule has 0 fully saturated rings. The van der Waals surface area contributed by atoms with Gasteiger partial charge in [-0.1, -0.05) is 6.07 Å². The molecule has 1 N–H and O–H groups in total. The highest BCUT2D eigenvalue weighted by Gasteiger charge is 2.66. The predicted molar refractivity (Wildman–Crippen MR) is 67.4 cm³/mol. The number of H-pyrrole nitrogens is 1. The highest BCUT2D eigenvalue weighted by Crippen LogP contribution is 2.43. The van der Waals surface area contributed by atoms with Gasteiger partial charge in [0.05, 0.1) is 0 Å². The lowest BCUT2D eigenvalue weighted by atomic mass is 10.1. The van der Waals surface area contributed by atoms with Gasteiger partial charge >= 0.3 is 17.4 Å². The molecule has 0 spiro atoms. The lowest BCUT2D eigenvalue weighted by Crippen LogP contribution is -2.52. The first kappa shape index (κ1) is 23.5. The van der Waals surface area contributed by atoms with E-state index in [0.29, 0.717) is 0 Å². The van der Waals surface area contributed by atoms with Crippen LogP contribution in [0.1, 0.15) is 19.3 Å². The molecule has 0 amide bonds. The summed E-state index contributed by atoms with van der Waals surface area (Å²) < 4.78 is 128. The second-order valence-corrected chi connectivity index (χ2v) is 6.07. The quantitative estimate of drug-likeness (QED) is 0.540. The zero-order valence-corrected chi connectivity index (χ0v) is 13.1. The van der Waals surface area contributed by atoms with Crippen molar-refractivity contribution >= 4 is 10.1 Å². The Labute approximate surface area is 137 Å². The van der Waals surface area contributed by atoms with Crippen LogP contribution in [-0.2, 0) is 10.1 Å². The SMILES string of the molecule is O=S(=O)([O-])C(F)(F)C(F)(F)C(F)CCCC(F)(F)F.c1cc[nH+]cc1. The Morgan fingerprint density at radius 1 is 0.960 bits per heavy atom. The molecule has 13 heteroatoms. The van der Waals surface area contributed by atoms with Gasteiger partial charge in [0.2, 0.25) is 0 Å². The molecule has 0 aliphatic heterocycles. The van der Waals surface area contributed by atoms with Crippen LogP contribution in [0.2, 0.25) is 0 Å². The third-order valence-corrected chi connectivity index (χ3v) is 3.52. The molecule has 0 aromatic carbocycles. The lowest BCUT2D eigenvalue weighted by molar-refractivity contribution is -0.377. The van der Waals surface area contributed by atoms with Crippen LogP contribution in [0.15, 0.2) is 30.6 Å². The monoisotopic (exact) mass is 403 g/mol. The molecule has 0 radical (unpaired) electrons. The molecule has 1 aromatic heterocycles.